The lowest BCUT2D eigenvalue weighted by Gasteiger charge is -2.18. The minimum atomic E-state index is -0.870. The number of likely N-dealkylation sites (N-methyl/N-ethyl adjacent to an activating group) is 1. The number of rotatable bonds is 5. The summed E-state index contributed by atoms with van der Waals surface area (Å²) in [6.45, 7) is 1.97. The van der Waals surface area contributed by atoms with E-state index in [4.69, 9.17) is 9.52 Å². The molecule has 106 valence electrons. The fraction of sp³-hybridized carbons (Fsp3) is 0.286. The fourth-order valence-corrected chi connectivity index (χ4v) is 2.19. The summed E-state index contributed by atoms with van der Waals surface area (Å²) in [5.41, 5.74) is 0.917. The third kappa shape index (κ3) is 3.26. The second kappa shape index (κ2) is 6.19. The number of benzene rings is 1. The molecule has 0 fully saturated rings. The van der Waals surface area contributed by atoms with Crippen LogP contribution in [-0.2, 0) is 11.3 Å². The number of nitrogens with zero attached hydrogens (tertiary/aromatic N) is 2. The standard InChI is InChI=1S/C14H15BrN2O3/c1-9(14(18)19)17(2)8-13-16-7-12(20-13)10-5-3-4-6-11(10)15/h3-7,9H,8H2,1-2H3,(H,18,19). The Balaban J connectivity index is 2.14. The van der Waals surface area contributed by atoms with Crippen molar-refractivity contribution in [1.29, 1.82) is 0 Å². The van der Waals surface area contributed by atoms with Gasteiger partial charge in [-0.15, -0.1) is 0 Å². The predicted molar refractivity (Wildman–Crippen MR) is 78.2 cm³/mol. The van der Waals surface area contributed by atoms with Crippen LogP contribution in [0, 0.1) is 0 Å². The van der Waals surface area contributed by atoms with Gasteiger partial charge >= 0.3 is 5.97 Å². The Morgan fingerprint density at radius 1 is 1.50 bits per heavy atom. The fourth-order valence-electron chi connectivity index (χ4n) is 1.71. The van der Waals surface area contributed by atoms with Crippen LogP contribution in [0.4, 0.5) is 0 Å². The van der Waals surface area contributed by atoms with Crippen LogP contribution in [0.1, 0.15) is 12.8 Å². The molecule has 1 atom stereocenters. The minimum Gasteiger partial charge on any atom is -0.480 e. The van der Waals surface area contributed by atoms with Gasteiger partial charge in [-0.05, 0) is 20.0 Å². The summed E-state index contributed by atoms with van der Waals surface area (Å²) in [6, 6.07) is 7.11. The summed E-state index contributed by atoms with van der Waals surface area (Å²) < 4.78 is 6.60. The SMILES string of the molecule is CC(C(=O)O)N(C)Cc1ncc(-c2ccccc2Br)o1. The molecule has 0 saturated heterocycles. The number of hydrogen-bond acceptors (Lipinski definition) is 4. The number of aliphatic carboxylic acids is 1. The number of oxazole rings is 1. The van der Waals surface area contributed by atoms with Crippen molar-refractivity contribution in [3.63, 3.8) is 0 Å². The quantitative estimate of drug-likeness (QED) is 0.907. The molecule has 1 aromatic heterocycles. The van der Waals surface area contributed by atoms with Gasteiger partial charge in [0.15, 0.2) is 5.76 Å². The molecule has 1 N–H and O–H groups in total. The summed E-state index contributed by atoms with van der Waals surface area (Å²) >= 11 is 3.46. The minimum absolute atomic E-state index is 0.345. The molecular weight excluding hydrogens is 324 g/mol. The highest BCUT2D eigenvalue weighted by Crippen LogP contribution is 2.28. The van der Waals surface area contributed by atoms with Gasteiger partial charge in [0.25, 0.3) is 0 Å². The van der Waals surface area contributed by atoms with Crippen molar-refractivity contribution >= 4 is 21.9 Å². The van der Waals surface area contributed by atoms with Crippen molar-refractivity contribution in [1.82, 2.24) is 9.88 Å². The summed E-state index contributed by atoms with van der Waals surface area (Å²) in [6.07, 6.45) is 1.65. The van der Waals surface area contributed by atoms with Crippen LogP contribution >= 0.6 is 15.9 Å². The van der Waals surface area contributed by atoms with Crippen LogP contribution in [0.5, 0.6) is 0 Å². The smallest absolute Gasteiger partial charge is 0.320 e. The van der Waals surface area contributed by atoms with Crippen LogP contribution in [0.2, 0.25) is 0 Å². The summed E-state index contributed by atoms with van der Waals surface area (Å²) in [5.74, 6) is 0.278. The Bertz CT molecular complexity index is 612. The molecule has 5 nitrogen and oxygen atoms in total. The van der Waals surface area contributed by atoms with E-state index in [2.05, 4.69) is 20.9 Å². The van der Waals surface area contributed by atoms with Crippen molar-refractivity contribution in [3.8, 4) is 11.3 Å². The van der Waals surface area contributed by atoms with Crippen molar-refractivity contribution in [3.05, 3.63) is 40.8 Å². The van der Waals surface area contributed by atoms with Crippen molar-refractivity contribution < 1.29 is 14.3 Å². The molecule has 0 aliphatic carbocycles. The molecule has 1 unspecified atom stereocenters. The normalized spacial score (nSPS) is 12.6. The molecular formula is C14H15BrN2O3. The Morgan fingerprint density at radius 3 is 2.85 bits per heavy atom. The lowest BCUT2D eigenvalue weighted by atomic mass is 10.2. The average molecular weight is 339 g/mol. The Kier molecular flexibility index (Phi) is 4.57. The second-order valence-electron chi connectivity index (χ2n) is 4.53. The van der Waals surface area contributed by atoms with E-state index in [-0.39, 0.29) is 0 Å². The van der Waals surface area contributed by atoms with Gasteiger partial charge in [-0.25, -0.2) is 4.98 Å². The van der Waals surface area contributed by atoms with Crippen molar-refractivity contribution in [2.75, 3.05) is 7.05 Å². The first kappa shape index (κ1) is 14.7. The molecule has 0 bridgehead atoms. The molecule has 0 aliphatic rings. The number of carboxylic acid groups (broad SMARTS) is 1. The number of aromatic nitrogens is 1. The highest BCUT2D eigenvalue weighted by atomic mass is 79.9. The molecule has 6 heteroatoms. The zero-order valence-electron chi connectivity index (χ0n) is 11.2. The Morgan fingerprint density at radius 2 is 2.20 bits per heavy atom. The maximum absolute atomic E-state index is 10.9. The van der Waals surface area contributed by atoms with E-state index >= 15 is 0 Å². The monoisotopic (exact) mass is 338 g/mol. The van der Waals surface area contributed by atoms with Gasteiger partial charge in [-0.1, -0.05) is 34.1 Å². The topological polar surface area (TPSA) is 66.6 Å². The lowest BCUT2D eigenvalue weighted by Crippen LogP contribution is -2.35. The van der Waals surface area contributed by atoms with Crippen molar-refractivity contribution in [2.24, 2.45) is 0 Å². The van der Waals surface area contributed by atoms with Crippen LogP contribution in [0.15, 0.2) is 39.4 Å². The van der Waals surface area contributed by atoms with Gasteiger partial charge < -0.3 is 9.52 Å². The van der Waals surface area contributed by atoms with E-state index in [1.807, 2.05) is 24.3 Å². The van der Waals surface area contributed by atoms with Crippen molar-refractivity contribution in [2.45, 2.75) is 19.5 Å². The first-order valence-electron chi connectivity index (χ1n) is 6.11. The molecule has 0 amide bonds. The van der Waals surface area contributed by atoms with Gasteiger partial charge in [-0.3, -0.25) is 9.69 Å². The Hall–Kier alpha value is -1.66. The summed E-state index contributed by atoms with van der Waals surface area (Å²) in [7, 11) is 1.72. The molecule has 0 saturated carbocycles. The number of carboxylic acids is 1. The molecule has 2 rings (SSSR count). The van der Waals surface area contributed by atoms with Crippen LogP contribution in [0.25, 0.3) is 11.3 Å². The molecule has 1 heterocycles. The van der Waals surface area contributed by atoms with Crippen LogP contribution in [-0.4, -0.2) is 34.0 Å². The van der Waals surface area contributed by atoms with Gasteiger partial charge in [0, 0.05) is 10.0 Å². The zero-order chi connectivity index (χ0) is 14.7. The van der Waals surface area contributed by atoms with Gasteiger partial charge in [0.2, 0.25) is 5.89 Å². The Labute approximate surface area is 125 Å². The highest BCUT2D eigenvalue weighted by Gasteiger charge is 2.19. The molecule has 0 radical (unpaired) electrons. The molecule has 0 spiro atoms. The number of hydrogen-bond donors (Lipinski definition) is 1. The first-order chi connectivity index (χ1) is 9.49. The molecule has 2 aromatic rings. The maximum Gasteiger partial charge on any atom is 0.320 e. The predicted octanol–water partition coefficient (Wildman–Crippen LogP) is 3.01. The largest absolute Gasteiger partial charge is 0.480 e. The average Bonchev–Trinajstić information content (AvgIpc) is 2.86. The van der Waals surface area contributed by atoms with E-state index in [9.17, 15) is 4.79 Å². The molecule has 0 aliphatic heterocycles. The third-order valence-corrected chi connectivity index (χ3v) is 3.79. The van der Waals surface area contributed by atoms with E-state index in [1.54, 1.807) is 25.1 Å². The van der Waals surface area contributed by atoms with Crippen LogP contribution < -0.4 is 0 Å². The van der Waals surface area contributed by atoms with E-state index in [0.29, 0.717) is 18.2 Å². The third-order valence-electron chi connectivity index (χ3n) is 3.10. The lowest BCUT2D eigenvalue weighted by molar-refractivity contribution is -0.142. The second-order valence-corrected chi connectivity index (χ2v) is 5.38. The molecule has 20 heavy (non-hydrogen) atoms. The number of halogens is 1. The van der Waals surface area contributed by atoms with E-state index in [0.717, 1.165) is 10.0 Å². The number of carbonyl (C=O) groups is 1. The van der Waals surface area contributed by atoms with Gasteiger partial charge in [0.05, 0.1) is 12.7 Å². The summed E-state index contributed by atoms with van der Waals surface area (Å²) in [5, 5.41) is 8.95. The maximum atomic E-state index is 10.9. The van der Waals surface area contributed by atoms with Crippen LogP contribution in [0.3, 0.4) is 0 Å². The first-order valence-corrected chi connectivity index (χ1v) is 6.91. The van der Waals surface area contributed by atoms with Gasteiger partial charge in [-0.2, -0.15) is 0 Å². The van der Waals surface area contributed by atoms with E-state index in [1.165, 1.54) is 0 Å². The summed E-state index contributed by atoms with van der Waals surface area (Å²) in [4.78, 5) is 16.8. The van der Waals surface area contributed by atoms with Gasteiger partial charge in [0.1, 0.15) is 6.04 Å². The molecule has 1 aromatic carbocycles. The highest BCUT2D eigenvalue weighted by molar-refractivity contribution is 9.10. The zero-order valence-corrected chi connectivity index (χ0v) is 12.8. The van der Waals surface area contributed by atoms with E-state index < -0.39 is 12.0 Å².